The number of carbonyl (C=O) groups excluding carboxylic acids is 2. The largest absolute Gasteiger partial charge is 0.482 e. The minimum atomic E-state index is -0.500. The lowest BCUT2D eigenvalue weighted by molar-refractivity contribution is -0.384. The third-order valence-electron chi connectivity index (χ3n) is 4.99. The van der Waals surface area contributed by atoms with Crippen molar-refractivity contribution in [3.63, 3.8) is 0 Å². The molecule has 1 heterocycles. The first kappa shape index (κ1) is 21.7. The van der Waals surface area contributed by atoms with Gasteiger partial charge in [-0.1, -0.05) is 18.2 Å². The Labute approximate surface area is 188 Å². The Hall–Kier alpha value is -4.53. The van der Waals surface area contributed by atoms with Crippen LogP contribution >= 0.6 is 0 Å². The Kier molecular flexibility index (Phi) is 6.12. The van der Waals surface area contributed by atoms with Crippen LogP contribution in [-0.4, -0.2) is 23.3 Å². The number of nitrogens with zero attached hydrogens (tertiary/aromatic N) is 2. The Morgan fingerprint density at radius 2 is 1.91 bits per heavy atom. The van der Waals surface area contributed by atoms with Crippen molar-refractivity contribution in [3.05, 3.63) is 99.9 Å². The van der Waals surface area contributed by atoms with E-state index in [9.17, 15) is 24.1 Å². The summed E-state index contributed by atoms with van der Waals surface area (Å²) < 4.78 is 19.6. The highest BCUT2D eigenvalue weighted by Crippen LogP contribution is 2.35. The van der Waals surface area contributed by atoms with Crippen LogP contribution in [0.25, 0.3) is 6.08 Å². The van der Waals surface area contributed by atoms with E-state index in [1.807, 2.05) is 0 Å². The topological polar surface area (TPSA) is 102 Å². The van der Waals surface area contributed by atoms with Crippen LogP contribution in [0.3, 0.4) is 0 Å². The quantitative estimate of drug-likeness (QED) is 0.345. The van der Waals surface area contributed by atoms with Crippen LogP contribution in [-0.2, 0) is 16.1 Å². The van der Waals surface area contributed by atoms with E-state index in [0.717, 1.165) is 0 Å². The molecule has 4 rings (SSSR count). The van der Waals surface area contributed by atoms with Gasteiger partial charge in [0.15, 0.2) is 6.61 Å². The van der Waals surface area contributed by atoms with Crippen molar-refractivity contribution in [2.45, 2.75) is 6.54 Å². The van der Waals surface area contributed by atoms with Gasteiger partial charge < -0.3 is 15.0 Å². The van der Waals surface area contributed by atoms with Gasteiger partial charge in [0.1, 0.15) is 11.6 Å². The molecular weight excluding hydrogens is 429 g/mol. The maximum atomic E-state index is 14.1. The van der Waals surface area contributed by atoms with Crippen molar-refractivity contribution < 1.29 is 23.6 Å². The van der Waals surface area contributed by atoms with E-state index in [1.165, 1.54) is 47.4 Å². The summed E-state index contributed by atoms with van der Waals surface area (Å²) in [5.41, 5.74) is 1.79. The van der Waals surface area contributed by atoms with Crippen LogP contribution in [0.1, 0.15) is 11.1 Å². The van der Waals surface area contributed by atoms with Gasteiger partial charge in [0, 0.05) is 29.5 Å². The van der Waals surface area contributed by atoms with Crippen molar-refractivity contribution >= 4 is 35.0 Å². The van der Waals surface area contributed by atoms with Gasteiger partial charge in [-0.15, -0.1) is 0 Å². The zero-order valence-corrected chi connectivity index (χ0v) is 17.2. The monoisotopic (exact) mass is 447 g/mol. The summed E-state index contributed by atoms with van der Waals surface area (Å²) >= 11 is 0. The van der Waals surface area contributed by atoms with Gasteiger partial charge in [0.2, 0.25) is 5.91 Å². The van der Waals surface area contributed by atoms with Crippen molar-refractivity contribution in [1.82, 2.24) is 0 Å². The Morgan fingerprint density at radius 1 is 1.15 bits per heavy atom. The first-order chi connectivity index (χ1) is 15.9. The molecule has 0 bridgehead atoms. The number of hydrogen-bond acceptors (Lipinski definition) is 5. The SMILES string of the molecule is O=C(/C=C/c1ccc([N+](=O)[O-])cc1)Nc1ccc2c(c1)N(Cc1ccccc1F)C(=O)CO2. The van der Waals surface area contributed by atoms with Crippen LogP contribution in [0.15, 0.2) is 72.8 Å². The van der Waals surface area contributed by atoms with Crippen molar-refractivity contribution in [2.24, 2.45) is 0 Å². The molecule has 2 amide bonds. The first-order valence-corrected chi connectivity index (χ1v) is 9.95. The smallest absolute Gasteiger partial charge is 0.269 e. The van der Waals surface area contributed by atoms with Gasteiger partial charge in [-0.2, -0.15) is 0 Å². The highest BCUT2D eigenvalue weighted by Gasteiger charge is 2.26. The lowest BCUT2D eigenvalue weighted by atomic mass is 10.1. The third kappa shape index (κ3) is 5.04. The summed E-state index contributed by atoms with van der Waals surface area (Å²) in [6.07, 6.45) is 2.81. The van der Waals surface area contributed by atoms with E-state index < -0.39 is 16.6 Å². The number of rotatable bonds is 6. The molecule has 3 aromatic rings. The van der Waals surface area contributed by atoms with Crippen LogP contribution < -0.4 is 15.0 Å². The van der Waals surface area contributed by atoms with Gasteiger partial charge in [-0.05, 0) is 48.0 Å². The summed E-state index contributed by atoms with van der Waals surface area (Å²) in [5.74, 6) is -0.728. The molecule has 0 spiro atoms. The van der Waals surface area contributed by atoms with Crippen molar-refractivity contribution in [2.75, 3.05) is 16.8 Å². The number of fused-ring (bicyclic) bond motifs is 1. The minimum absolute atomic E-state index is 0.0271. The third-order valence-corrected chi connectivity index (χ3v) is 4.99. The molecule has 3 aromatic carbocycles. The van der Waals surface area contributed by atoms with Crippen LogP contribution in [0.5, 0.6) is 5.75 Å². The lowest BCUT2D eigenvalue weighted by Crippen LogP contribution is -2.38. The number of nitro groups is 1. The summed E-state index contributed by atoms with van der Waals surface area (Å²) in [6, 6.07) is 16.8. The summed E-state index contributed by atoms with van der Waals surface area (Å²) in [5, 5.41) is 13.4. The number of amides is 2. The number of benzene rings is 3. The van der Waals surface area contributed by atoms with Gasteiger partial charge >= 0.3 is 0 Å². The number of nitrogens with one attached hydrogen (secondary N) is 1. The van der Waals surface area contributed by atoms with Crippen LogP contribution in [0, 0.1) is 15.9 Å². The second-order valence-electron chi connectivity index (χ2n) is 7.21. The van der Waals surface area contributed by atoms with Gasteiger partial charge in [-0.25, -0.2) is 4.39 Å². The summed E-state index contributed by atoms with van der Waals surface area (Å²) in [6.45, 7) is -0.134. The van der Waals surface area contributed by atoms with E-state index in [1.54, 1.807) is 36.4 Å². The molecule has 0 unspecified atom stereocenters. The van der Waals surface area contributed by atoms with Crippen molar-refractivity contribution in [3.8, 4) is 5.75 Å². The average molecular weight is 447 g/mol. The zero-order valence-electron chi connectivity index (χ0n) is 17.2. The fourth-order valence-corrected chi connectivity index (χ4v) is 3.31. The van der Waals surface area contributed by atoms with Crippen LogP contribution in [0.4, 0.5) is 21.5 Å². The summed E-state index contributed by atoms with van der Waals surface area (Å²) in [4.78, 5) is 36.4. The lowest BCUT2D eigenvalue weighted by Gasteiger charge is -2.30. The normalized spacial score (nSPS) is 12.9. The van der Waals surface area contributed by atoms with E-state index in [-0.39, 0.29) is 24.7 Å². The number of hydrogen-bond donors (Lipinski definition) is 1. The predicted octanol–water partition coefficient (Wildman–Crippen LogP) is 4.31. The molecule has 9 heteroatoms. The molecule has 0 aliphatic carbocycles. The second-order valence-corrected chi connectivity index (χ2v) is 7.21. The maximum Gasteiger partial charge on any atom is 0.269 e. The maximum absolute atomic E-state index is 14.1. The fraction of sp³-hybridized carbons (Fsp3) is 0.0833. The number of carbonyl (C=O) groups is 2. The molecule has 1 aliphatic rings. The van der Waals surface area contributed by atoms with Gasteiger partial charge in [0.05, 0.1) is 17.2 Å². The zero-order chi connectivity index (χ0) is 23.4. The Morgan fingerprint density at radius 3 is 2.64 bits per heavy atom. The van der Waals surface area contributed by atoms with Crippen molar-refractivity contribution in [1.29, 1.82) is 0 Å². The molecule has 33 heavy (non-hydrogen) atoms. The molecule has 0 fully saturated rings. The fourth-order valence-electron chi connectivity index (χ4n) is 3.31. The molecule has 0 aromatic heterocycles. The van der Waals surface area contributed by atoms with E-state index in [0.29, 0.717) is 28.3 Å². The average Bonchev–Trinajstić information content (AvgIpc) is 2.81. The van der Waals surface area contributed by atoms with E-state index in [4.69, 9.17) is 4.74 Å². The standard InChI is InChI=1S/C24H18FN3O5/c25-20-4-2-1-3-17(20)14-27-21-13-18(8-11-22(21)33-15-24(27)30)26-23(29)12-7-16-5-9-19(10-6-16)28(31)32/h1-13H,14-15H2,(H,26,29)/b12-7+. The number of non-ortho nitro benzene ring substituents is 1. The van der Waals surface area contributed by atoms with E-state index in [2.05, 4.69) is 5.32 Å². The van der Waals surface area contributed by atoms with E-state index >= 15 is 0 Å². The molecule has 1 aliphatic heterocycles. The minimum Gasteiger partial charge on any atom is -0.482 e. The first-order valence-electron chi connectivity index (χ1n) is 9.95. The highest BCUT2D eigenvalue weighted by molar-refractivity contribution is 6.03. The number of halogens is 1. The molecular formula is C24H18FN3O5. The number of nitro benzene ring substituents is 1. The Bertz CT molecular complexity index is 1260. The molecule has 0 saturated heterocycles. The molecule has 0 atom stereocenters. The second kappa shape index (κ2) is 9.31. The number of ether oxygens (including phenoxy) is 1. The molecule has 0 radical (unpaired) electrons. The van der Waals surface area contributed by atoms with Gasteiger partial charge in [0.25, 0.3) is 11.6 Å². The number of anilines is 2. The highest BCUT2D eigenvalue weighted by atomic mass is 19.1. The molecule has 8 nitrogen and oxygen atoms in total. The Balaban J connectivity index is 1.50. The molecule has 0 saturated carbocycles. The summed E-state index contributed by atoms with van der Waals surface area (Å²) in [7, 11) is 0. The molecule has 1 N–H and O–H groups in total. The van der Waals surface area contributed by atoms with Crippen LogP contribution in [0.2, 0.25) is 0 Å². The predicted molar refractivity (Wildman–Crippen MR) is 120 cm³/mol. The van der Waals surface area contributed by atoms with Gasteiger partial charge in [-0.3, -0.25) is 19.7 Å². The molecule has 166 valence electrons.